The normalized spacial score (nSPS) is 17.8. The van der Waals surface area contributed by atoms with E-state index < -0.39 is 22.9 Å². The number of carbonyl (C=O) groups is 3. The number of hydrogen-bond acceptors (Lipinski definition) is 4. The fourth-order valence-corrected chi connectivity index (χ4v) is 4.45. The minimum absolute atomic E-state index is 0.205. The molecule has 0 radical (unpaired) electrons. The van der Waals surface area contributed by atoms with E-state index in [-0.39, 0.29) is 11.9 Å². The minimum atomic E-state index is -0.775. The first-order valence-electron chi connectivity index (χ1n) is 11.4. The zero-order valence-electron chi connectivity index (χ0n) is 19.6. The van der Waals surface area contributed by atoms with Crippen molar-refractivity contribution in [1.29, 1.82) is 0 Å². The summed E-state index contributed by atoms with van der Waals surface area (Å²) in [6.45, 7) is 7.92. The summed E-state index contributed by atoms with van der Waals surface area (Å²) in [5.74, 6) is 0.226. The molecule has 3 amide bonds. The highest BCUT2D eigenvalue weighted by Crippen LogP contribution is 2.46. The molecule has 3 rings (SSSR count). The first-order valence-corrected chi connectivity index (χ1v) is 11.8. The third-order valence-corrected chi connectivity index (χ3v) is 6.73. The Kier molecular flexibility index (Phi) is 7.80. The van der Waals surface area contributed by atoms with Gasteiger partial charge in [0.05, 0.1) is 6.04 Å². The number of nitrogens with one attached hydrogen (secondary N) is 1. The molecule has 1 aliphatic heterocycles. The van der Waals surface area contributed by atoms with E-state index in [0.717, 1.165) is 24.0 Å². The van der Waals surface area contributed by atoms with Crippen LogP contribution in [0.15, 0.2) is 48.5 Å². The number of ether oxygens (including phenoxy) is 1. The molecular formula is C26H31ClN2O4. The van der Waals surface area contributed by atoms with Crippen LogP contribution >= 0.6 is 11.6 Å². The molecule has 0 aromatic heterocycles. The Morgan fingerprint density at radius 2 is 1.67 bits per heavy atom. The highest BCUT2D eigenvalue weighted by Gasteiger charge is 2.63. The molecule has 176 valence electrons. The molecule has 1 saturated heterocycles. The number of likely N-dealkylation sites (tertiary alicyclic amines) is 1. The molecule has 2 unspecified atom stereocenters. The molecule has 2 atom stereocenters. The van der Waals surface area contributed by atoms with Crippen LogP contribution in [-0.4, -0.2) is 28.3 Å². The second-order valence-electron chi connectivity index (χ2n) is 8.51. The fraction of sp³-hybridized carbons (Fsp3) is 0.423. The Bertz CT molecular complexity index is 1000. The molecule has 1 fully saturated rings. The highest BCUT2D eigenvalue weighted by molar-refractivity contribution is 6.67. The van der Waals surface area contributed by atoms with E-state index >= 15 is 0 Å². The van der Waals surface area contributed by atoms with Gasteiger partial charge in [0.1, 0.15) is 11.2 Å². The zero-order chi connectivity index (χ0) is 24.2. The van der Waals surface area contributed by atoms with Crippen molar-refractivity contribution in [3.05, 3.63) is 65.2 Å². The second-order valence-corrected chi connectivity index (χ2v) is 8.85. The van der Waals surface area contributed by atoms with Crippen LogP contribution in [0, 0.1) is 12.3 Å². The van der Waals surface area contributed by atoms with E-state index in [0.29, 0.717) is 24.2 Å². The molecule has 1 heterocycles. The number of rotatable bonds is 9. The number of β-lactam (4-membered cyclic amide) rings is 1. The molecule has 0 saturated carbocycles. The Morgan fingerprint density at radius 1 is 1.06 bits per heavy atom. The lowest BCUT2D eigenvalue weighted by Crippen LogP contribution is -2.73. The van der Waals surface area contributed by atoms with Gasteiger partial charge in [-0.3, -0.25) is 9.59 Å². The molecule has 1 N–H and O–H groups in total. The number of amides is 3. The van der Waals surface area contributed by atoms with Gasteiger partial charge in [0.2, 0.25) is 5.91 Å². The summed E-state index contributed by atoms with van der Waals surface area (Å²) in [7, 11) is 0. The fourth-order valence-electron chi connectivity index (χ4n) is 4.32. The number of hydrogen-bond donors (Lipinski definition) is 1. The van der Waals surface area contributed by atoms with E-state index in [4.69, 9.17) is 16.3 Å². The molecule has 0 bridgehead atoms. The van der Waals surface area contributed by atoms with Crippen molar-refractivity contribution in [3.8, 4) is 5.75 Å². The number of carbonyl (C=O) groups excluding carboxylic acids is 3. The van der Waals surface area contributed by atoms with Gasteiger partial charge >= 0.3 is 6.03 Å². The first kappa shape index (κ1) is 24.8. The molecule has 0 spiro atoms. The second kappa shape index (κ2) is 10.4. The van der Waals surface area contributed by atoms with Crippen molar-refractivity contribution >= 4 is 28.8 Å². The number of halogens is 1. The third-order valence-electron chi connectivity index (χ3n) is 6.52. The number of imide groups is 1. The summed E-state index contributed by atoms with van der Waals surface area (Å²) in [6.07, 6.45) is 1.99. The quantitative estimate of drug-likeness (QED) is 0.361. The lowest BCUT2D eigenvalue weighted by molar-refractivity contribution is -0.191. The molecule has 6 nitrogen and oxygen atoms in total. The van der Waals surface area contributed by atoms with Crippen LogP contribution in [0.1, 0.15) is 74.0 Å². The van der Waals surface area contributed by atoms with Crippen LogP contribution in [0.25, 0.3) is 0 Å². The van der Waals surface area contributed by atoms with Gasteiger partial charge in [0.15, 0.2) is 6.23 Å². The van der Waals surface area contributed by atoms with Crippen LogP contribution in [0.5, 0.6) is 5.75 Å². The molecule has 0 aliphatic carbocycles. The lowest BCUT2D eigenvalue weighted by atomic mass is 9.72. The van der Waals surface area contributed by atoms with E-state index in [9.17, 15) is 14.4 Å². The zero-order valence-corrected chi connectivity index (χ0v) is 20.3. The predicted molar refractivity (Wildman–Crippen MR) is 128 cm³/mol. The number of aryl methyl sites for hydroxylation is 1. The Hall–Kier alpha value is -2.86. The summed E-state index contributed by atoms with van der Waals surface area (Å²) in [5, 5.41) is 2.48. The minimum Gasteiger partial charge on any atom is -0.469 e. The smallest absolute Gasteiger partial charge is 0.327 e. The molecule has 2 aromatic rings. The van der Waals surface area contributed by atoms with Crippen LogP contribution in [0.4, 0.5) is 4.79 Å². The monoisotopic (exact) mass is 470 g/mol. The van der Waals surface area contributed by atoms with Crippen molar-refractivity contribution in [3.63, 3.8) is 0 Å². The van der Waals surface area contributed by atoms with Gasteiger partial charge in [0.25, 0.3) is 5.24 Å². The Morgan fingerprint density at radius 3 is 2.18 bits per heavy atom. The molecule has 33 heavy (non-hydrogen) atoms. The lowest BCUT2D eigenvalue weighted by Gasteiger charge is -2.53. The molecular weight excluding hydrogens is 440 g/mol. The summed E-state index contributed by atoms with van der Waals surface area (Å²) < 4.78 is 6.14. The van der Waals surface area contributed by atoms with Gasteiger partial charge in [0, 0.05) is 5.56 Å². The van der Waals surface area contributed by atoms with Crippen molar-refractivity contribution in [2.45, 2.75) is 65.6 Å². The van der Waals surface area contributed by atoms with Crippen LogP contribution in [0.2, 0.25) is 0 Å². The number of nitrogens with zero attached hydrogens (tertiary/aromatic N) is 1. The maximum atomic E-state index is 13.3. The van der Waals surface area contributed by atoms with Gasteiger partial charge < -0.3 is 10.1 Å². The Labute approximate surface area is 200 Å². The SMILES string of the molecule is CCCC(NC(=O)N1C(=O)C(CC)(CC)C1Oc1ccc(C(=O)Cl)cc1)c1ccc(C)cc1. The average Bonchev–Trinajstić information content (AvgIpc) is 2.80. The third kappa shape index (κ3) is 4.91. The summed E-state index contributed by atoms with van der Waals surface area (Å²) >= 11 is 5.52. The largest absolute Gasteiger partial charge is 0.469 e. The van der Waals surface area contributed by atoms with Crippen LogP contribution in [-0.2, 0) is 4.79 Å². The average molecular weight is 471 g/mol. The molecule has 2 aromatic carbocycles. The topological polar surface area (TPSA) is 75.7 Å². The summed E-state index contributed by atoms with van der Waals surface area (Å²) in [5.41, 5.74) is 1.72. The van der Waals surface area contributed by atoms with Crippen molar-refractivity contribution in [2.24, 2.45) is 5.41 Å². The van der Waals surface area contributed by atoms with Crippen molar-refractivity contribution < 1.29 is 19.1 Å². The van der Waals surface area contributed by atoms with Gasteiger partial charge in [-0.25, -0.2) is 9.69 Å². The van der Waals surface area contributed by atoms with Gasteiger partial charge in [-0.2, -0.15) is 0 Å². The van der Waals surface area contributed by atoms with Crippen LogP contribution in [0.3, 0.4) is 0 Å². The standard InChI is InChI=1S/C26H31ClN2O4/c1-5-8-21(18-11-9-17(4)10-12-18)28-25(32)29-23(31)26(6-2,7-3)24(29)33-20-15-13-19(14-16-20)22(27)30/h9-16,21,24H,5-8H2,1-4H3,(H,28,32). The van der Waals surface area contributed by atoms with Crippen LogP contribution < -0.4 is 10.1 Å². The summed E-state index contributed by atoms with van der Waals surface area (Å²) in [4.78, 5) is 39.0. The maximum Gasteiger partial charge on any atom is 0.327 e. The van der Waals surface area contributed by atoms with E-state index in [2.05, 4.69) is 12.2 Å². The number of urea groups is 1. The highest BCUT2D eigenvalue weighted by atomic mass is 35.5. The van der Waals surface area contributed by atoms with E-state index in [1.807, 2.05) is 45.0 Å². The Balaban J connectivity index is 1.83. The molecule has 7 heteroatoms. The van der Waals surface area contributed by atoms with Gasteiger partial charge in [-0.1, -0.05) is 57.0 Å². The molecule has 1 aliphatic rings. The maximum absolute atomic E-state index is 13.3. The van der Waals surface area contributed by atoms with Gasteiger partial charge in [-0.05, 0) is 67.6 Å². The predicted octanol–water partition coefficient (Wildman–Crippen LogP) is 5.98. The number of benzene rings is 2. The van der Waals surface area contributed by atoms with E-state index in [1.54, 1.807) is 24.3 Å². The first-order chi connectivity index (χ1) is 15.8. The summed E-state index contributed by atoms with van der Waals surface area (Å²) in [6, 6.07) is 13.7. The van der Waals surface area contributed by atoms with Crippen molar-refractivity contribution in [2.75, 3.05) is 0 Å². The van der Waals surface area contributed by atoms with E-state index in [1.165, 1.54) is 4.90 Å². The van der Waals surface area contributed by atoms with Crippen molar-refractivity contribution in [1.82, 2.24) is 10.2 Å². The van der Waals surface area contributed by atoms with Gasteiger partial charge in [-0.15, -0.1) is 0 Å².